The largest absolute Gasteiger partial charge is 0.477 e. The van der Waals surface area contributed by atoms with Gasteiger partial charge in [0.05, 0.1) is 12.3 Å². The van der Waals surface area contributed by atoms with E-state index in [0.717, 1.165) is 62.5 Å². The fraction of sp³-hybridized carbons (Fsp3) is 0.550. The zero-order chi connectivity index (χ0) is 19.2. The Labute approximate surface area is 165 Å². The number of aliphatic imine (C=N–C) groups is 1. The van der Waals surface area contributed by atoms with E-state index < -0.39 is 0 Å². The van der Waals surface area contributed by atoms with Gasteiger partial charge >= 0.3 is 0 Å². The summed E-state index contributed by atoms with van der Waals surface area (Å²) in [4.78, 5) is 13.5. The lowest BCUT2D eigenvalue weighted by Crippen LogP contribution is -2.52. The summed E-state index contributed by atoms with van der Waals surface area (Å²) in [5.74, 6) is 2.38. The highest BCUT2D eigenvalue weighted by molar-refractivity contribution is 5.80. The Balaban J connectivity index is 1.21. The first-order valence-corrected chi connectivity index (χ1v) is 9.95. The molecule has 8 nitrogen and oxygen atoms in total. The van der Waals surface area contributed by atoms with E-state index in [9.17, 15) is 0 Å². The van der Waals surface area contributed by atoms with E-state index >= 15 is 0 Å². The minimum atomic E-state index is 0.696. The number of hydrogen-bond donors (Lipinski definition) is 1. The number of aromatic nitrogens is 2. The maximum atomic E-state index is 5.70. The summed E-state index contributed by atoms with van der Waals surface area (Å²) < 4.78 is 10.6. The van der Waals surface area contributed by atoms with Crippen molar-refractivity contribution in [3.63, 3.8) is 0 Å². The molecule has 0 radical (unpaired) electrons. The first kappa shape index (κ1) is 18.7. The minimum Gasteiger partial charge on any atom is -0.477 e. The molecule has 0 amide bonds. The van der Waals surface area contributed by atoms with Gasteiger partial charge in [0, 0.05) is 64.6 Å². The van der Waals surface area contributed by atoms with E-state index in [2.05, 4.69) is 36.3 Å². The Bertz CT molecular complexity index is 750. The molecule has 2 aromatic heterocycles. The monoisotopic (exact) mass is 384 g/mol. The predicted octanol–water partition coefficient (Wildman–Crippen LogP) is 1.75. The van der Waals surface area contributed by atoms with Gasteiger partial charge in [-0.3, -0.25) is 9.89 Å². The summed E-state index contributed by atoms with van der Waals surface area (Å²) in [5.41, 5.74) is 2.10. The van der Waals surface area contributed by atoms with Crippen LogP contribution in [0, 0.1) is 5.92 Å². The Kier molecular flexibility index (Phi) is 6.06. The molecule has 0 aromatic carbocycles. The summed E-state index contributed by atoms with van der Waals surface area (Å²) in [7, 11) is 1.83. The molecule has 3 heterocycles. The Morgan fingerprint density at radius 1 is 1.25 bits per heavy atom. The van der Waals surface area contributed by atoms with Crippen molar-refractivity contribution in [2.45, 2.75) is 25.9 Å². The van der Waals surface area contributed by atoms with Crippen LogP contribution in [0.15, 0.2) is 40.2 Å². The molecule has 1 N–H and O–H groups in total. The number of nitrogens with zero attached hydrogens (tertiary/aromatic N) is 5. The maximum absolute atomic E-state index is 5.70. The molecule has 0 atom stereocenters. The van der Waals surface area contributed by atoms with Gasteiger partial charge in [0.1, 0.15) is 6.26 Å². The van der Waals surface area contributed by atoms with Gasteiger partial charge < -0.3 is 19.5 Å². The van der Waals surface area contributed by atoms with Gasteiger partial charge in [0.25, 0.3) is 0 Å². The molecule has 1 saturated carbocycles. The van der Waals surface area contributed by atoms with Gasteiger partial charge in [-0.2, -0.15) is 0 Å². The molecule has 8 heteroatoms. The summed E-state index contributed by atoms with van der Waals surface area (Å²) in [6.45, 7) is 6.14. The molecule has 150 valence electrons. The number of ether oxygens (including phenoxy) is 1. The number of hydrogen-bond acceptors (Lipinski definition) is 6. The average Bonchev–Trinajstić information content (AvgIpc) is 3.43. The Morgan fingerprint density at radius 2 is 2.11 bits per heavy atom. The Hall–Kier alpha value is -2.61. The van der Waals surface area contributed by atoms with Crippen LogP contribution in [-0.4, -0.2) is 65.7 Å². The SMILES string of the molecule is CN=C(NCc1ccc(OCC2CC2)nc1)N1CCN(Cc2ccon2)CC1. The van der Waals surface area contributed by atoms with Gasteiger partial charge in [-0.05, 0) is 24.3 Å². The fourth-order valence-corrected chi connectivity index (χ4v) is 3.27. The van der Waals surface area contributed by atoms with Crippen molar-refractivity contribution in [2.24, 2.45) is 10.9 Å². The molecule has 4 rings (SSSR count). The van der Waals surface area contributed by atoms with Gasteiger partial charge in [-0.15, -0.1) is 0 Å². The lowest BCUT2D eigenvalue weighted by molar-refractivity contribution is 0.169. The third-order valence-corrected chi connectivity index (χ3v) is 5.17. The van der Waals surface area contributed by atoms with E-state index in [1.807, 2.05) is 25.4 Å². The van der Waals surface area contributed by atoms with Crippen LogP contribution < -0.4 is 10.1 Å². The van der Waals surface area contributed by atoms with Crippen molar-refractivity contribution in [3.05, 3.63) is 41.9 Å². The first-order valence-electron chi connectivity index (χ1n) is 9.95. The second-order valence-corrected chi connectivity index (χ2v) is 7.41. The number of pyridine rings is 1. The first-order chi connectivity index (χ1) is 13.8. The van der Waals surface area contributed by atoms with Crippen LogP contribution in [0.4, 0.5) is 0 Å². The zero-order valence-corrected chi connectivity index (χ0v) is 16.4. The van der Waals surface area contributed by atoms with Gasteiger partial charge in [-0.1, -0.05) is 11.2 Å². The summed E-state index contributed by atoms with van der Waals surface area (Å²) in [6, 6.07) is 5.93. The van der Waals surface area contributed by atoms with E-state index in [0.29, 0.717) is 12.4 Å². The van der Waals surface area contributed by atoms with E-state index in [-0.39, 0.29) is 0 Å². The summed E-state index contributed by atoms with van der Waals surface area (Å²) >= 11 is 0. The van der Waals surface area contributed by atoms with Crippen molar-refractivity contribution < 1.29 is 9.26 Å². The van der Waals surface area contributed by atoms with E-state index in [1.54, 1.807) is 6.26 Å². The Morgan fingerprint density at radius 3 is 2.75 bits per heavy atom. The molecule has 0 unspecified atom stereocenters. The van der Waals surface area contributed by atoms with Gasteiger partial charge in [0.15, 0.2) is 5.96 Å². The molecule has 1 aliphatic heterocycles. The molecule has 0 bridgehead atoms. The molecule has 1 aliphatic carbocycles. The van der Waals surface area contributed by atoms with Gasteiger partial charge in [-0.25, -0.2) is 4.98 Å². The highest BCUT2D eigenvalue weighted by Gasteiger charge is 2.22. The van der Waals surface area contributed by atoms with Crippen LogP contribution in [0.5, 0.6) is 5.88 Å². The van der Waals surface area contributed by atoms with Crippen molar-refractivity contribution in [1.29, 1.82) is 0 Å². The highest BCUT2D eigenvalue weighted by atomic mass is 16.5. The average molecular weight is 384 g/mol. The molecule has 0 spiro atoms. The number of nitrogens with one attached hydrogen (secondary N) is 1. The van der Waals surface area contributed by atoms with Crippen LogP contribution in [0.3, 0.4) is 0 Å². The van der Waals surface area contributed by atoms with Crippen LogP contribution in [0.2, 0.25) is 0 Å². The lowest BCUT2D eigenvalue weighted by atomic mass is 10.2. The van der Waals surface area contributed by atoms with Crippen LogP contribution in [0.25, 0.3) is 0 Å². The molecule has 2 aliphatic rings. The number of guanidine groups is 1. The topological polar surface area (TPSA) is 79.0 Å². The molecule has 1 saturated heterocycles. The van der Waals surface area contributed by atoms with E-state index in [1.165, 1.54) is 12.8 Å². The van der Waals surface area contributed by atoms with E-state index in [4.69, 9.17) is 9.26 Å². The fourth-order valence-electron chi connectivity index (χ4n) is 3.27. The summed E-state index contributed by atoms with van der Waals surface area (Å²) in [5, 5.41) is 7.44. The molecule has 2 aromatic rings. The highest BCUT2D eigenvalue weighted by Crippen LogP contribution is 2.29. The summed E-state index contributed by atoms with van der Waals surface area (Å²) in [6.07, 6.45) is 6.07. The standard InChI is InChI=1S/C20H28N6O2/c1-21-20(26-9-7-25(8-10-26)14-18-6-11-28-24-18)23-13-17-4-5-19(22-12-17)27-15-16-2-3-16/h4-6,11-12,16H,2-3,7-10,13-15H2,1H3,(H,21,23). The molecular weight excluding hydrogens is 356 g/mol. The van der Waals surface area contributed by atoms with Crippen LogP contribution in [0.1, 0.15) is 24.1 Å². The third-order valence-electron chi connectivity index (χ3n) is 5.17. The lowest BCUT2D eigenvalue weighted by Gasteiger charge is -2.36. The second kappa shape index (κ2) is 9.05. The second-order valence-electron chi connectivity index (χ2n) is 7.41. The molecule has 28 heavy (non-hydrogen) atoms. The smallest absolute Gasteiger partial charge is 0.213 e. The number of rotatable bonds is 7. The van der Waals surface area contributed by atoms with Crippen molar-refractivity contribution in [2.75, 3.05) is 39.8 Å². The predicted molar refractivity (Wildman–Crippen MR) is 106 cm³/mol. The molecular formula is C20H28N6O2. The quantitative estimate of drug-likeness (QED) is 0.575. The normalized spacial score (nSPS) is 18.3. The van der Waals surface area contributed by atoms with Crippen molar-refractivity contribution in [1.82, 2.24) is 25.3 Å². The van der Waals surface area contributed by atoms with Crippen molar-refractivity contribution in [3.8, 4) is 5.88 Å². The number of piperazine rings is 1. The van der Waals surface area contributed by atoms with Crippen LogP contribution in [-0.2, 0) is 13.1 Å². The minimum absolute atomic E-state index is 0.696. The van der Waals surface area contributed by atoms with Crippen molar-refractivity contribution >= 4 is 5.96 Å². The van der Waals surface area contributed by atoms with Crippen LogP contribution >= 0.6 is 0 Å². The van der Waals surface area contributed by atoms with Gasteiger partial charge in [0.2, 0.25) is 5.88 Å². The maximum Gasteiger partial charge on any atom is 0.213 e. The third kappa shape index (κ3) is 5.22. The zero-order valence-electron chi connectivity index (χ0n) is 16.4. The molecule has 2 fully saturated rings.